The number of amides is 1. The second-order valence-corrected chi connectivity index (χ2v) is 4.52. The number of hydrogen-bond acceptors (Lipinski definition) is 5. The van der Waals surface area contributed by atoms with Crippen molar-refractivity contribution >= 4 is 5.91 Å². The van der Waals surface area contributed by atoms with Gasteiger partial charge in [-0.25, -0.2) is 0 Å². The van der Waals surface area contributed by atoms with Gasteiger partial charge in [-0.15, -0.1) is 10.2 Å². The first-order valence-corrected chi connectivity index (χ1v) is 5.35. The first-order valence-electron chi connectivity index (χ1n) is 5.35. The summed E-state index contributed by atoms with van der Waals surface area (Å²) in [7, 11) is 0. The van der Waals surface area contributed by atoms with Gasteiger partial charge in [0.2, 0.25) is 5.91 Å². The summed E-state index contributed by atoms with van der Waals surface area (Å²) in [6.45, 7) is 3.56. The molecule has 7 nitrogen and oxygen atoms in total. The summed E-state index contributed by atoms with van der Waals surface area (Å²) in [6, 6.07) is -0.284. The Labute approximate surface area is 93.2 Å². The molecule has 1 aliphatic carbocycles. The molecule has 4 N–H and O–H groups in total. The summed E-state index contributed by atoms with van der Waals surface area (Å²) in [6.07, 6.45) is 2.05. The van der Waals surface area contributed by atoms with Crippen LogP contribution in [0, 0.1) is 5.92 Å². The summed E-state index contributed by atoms with van der Waals surface area (Å²) in [4.78, 5) is 11.9. The highest BCUT2D eigenvalue weighted by atomic mass is 16.2. The molecule has 2 atom stereocenters. The highest BCUT2D eigenvalue weighted by Crippen LogP contribution is 2.38. The fourth-order valence-electron chi connectivity index (χ4n) is 1.64. The van der Waals surface area contributed by atoms with Gasteiger partial charge in [-0.3, -0.25) is 4.79 Å². The molecule has 0 spiro atoms. The van der Waals surface area contributed by atoms with Crippen LogP contribution in [0.3, 0.4) is 0 Å². The molecule has 0 bridgehead atoms. The van der Waals surface area contributed by atoms with Crippen LogP contribution in [0.15, 0.2) is 0 Å². The normalized spacial score (nSPS) is 21.2. The van der Waals surface area contributed by atoms with Gasteiger partial charge in [-0.1, -0.05) is 5.21 Å². The van der Waals surface area contributed by atoms with E-state index in [4.69, 9.17) is 5.73 Å². The van der Waals surface area contributed by atoms with Crippen molar-refractivity contribution < 1.29 is 4.79 Å². The van der Waals surface area contributed by atoms with Gasteiger partial charge >= 0.3 is 0 Å². The Morgan fingerprint density at radius 3 is 2.88 bits per heavy atom. The van der Waals surface area contributed by atoms with E-state index in [0.717, 1.165) is 12.8 Å². The van der Waals surface area contributed by atoms with Crippen LogP contribution in [0.4, 0.5) is 0 Å². The Hall–Kier alpha value is -1.50. The Kier molecular flexibility index (Phi) is 2.63. The lowest BCUT2D eigenvalue weighted by molar-refractivity contribution is -0.127. The molecule has 16 heavy (non-hydrogen) atoms. The number of rotatable bonds is 4. The molecule has 1 amide bonds. The fraction of sp³-hybridized carbons (Fsp3) is 0.778. The van der Waals surface area contributed by atoms with Gasteiger partial charge in [0.1, 0.15) is 0 Å². The zero-order valence-corrected chi connectivity index (χ0v) is 9.40. The highest BCUT2D eigenvalue weighted by molar-refractivity contribution is 5.86. The molecule has 88 valence electrons. The summed E-state index contributed by atoms with van der Waals surface area (Å²) in [5, 5.41) is 16.2. The van der Waals surface area contributed by atoms with Crippen molar-refractivity contribution in [1.29, 1.82) is 0 Å². The van der Waals surface area contributed by atoms with Crippen molar-refractivity contribution in [2.45, 2.75) is 38.3 Å². The number of aromatic nitrogens is 4. The maximum atomic E-state index is 11.9. The van der Waals surface area contributed by atoms with E-state index in [1.165, 1.54) is 0 Å². The lowest BCUT2D eigenvalue weighted by atomic mass is 9.96. The van der Waals surface area contributed by atoms with Crippen LogP contribution in [0.2, 0.25) is 0 Å². The Balaban J connectivity index is 1.97. The topological polar surface area (TPSA) is 110 Å². The molecule has 1 aromatic heterocycles. The second-order valence-electron chi connectivity index (χ2n) is 4.52. The number of hydrogen-bond donors (Lipinski definition) is 3. The molecule has 0 aromatic carbocycles. The summed E-state index contributed by atoms with van der Waals surface area (Å²) < 4.78 is 0. The zero-order valence-electron chi connectivity index (χ0n) is 9.40. The Morgan fingerprint density at radius 1 is 1.69 bits per heavy atom. The third kappa shape index (κ3) is 2.04. The second kappa shape index (κ2) is 3.82. The van der Waals surface area contributed by atoms with Crippen LogP contribution in [0.25, 0.3) is 0 Å². The van der Waals surface area contributed by atoms with Crippen LogP contribution >= 0.6 is 0 Å². The Bertz CT molecular complexity index is 369. The smallest absolute Gasteiger partial charge is 0.240 e. The molecular weight excluding hydrogens is 208 g/mol. The van der Waals surface area contributed by atoms with E-state index in [0.29, 0.717) is 11.7 Å². The van der Waals surface area contributed by atoms with E-state index in [2.05, 4.69) is 25.9 Å². The SMILES string of the molecule is CC(NC(=O)C(C)(N)C1CC1)c1nn[nH]n1. The predicted octanol–water partition coefficient (Wildman–Crippen LogP) is -0.496. The minimum atomic E-state index is -0.794. The molecule has 2 rings (SSSR count). The van der Waals surface area contributed by atoms with Gasteiger partial charge in [-0.2, -0.15) is 5.21 Å². The predicted molar refractivity (Wildman–Crippen MR) is 56.1 cm³/mol. The van der Waals surface area contributed by atoms with E-state index in [1.54, 1.807) is 13.8 Å². The van der Waals surface area contributed by atoms with E-state index >= 15 is 0 Å². The quantitative estimate of drug-likeness (QED) is 0.639. The molecule has 2 unspecified atom stereocenters. The molecule has 0 saturated heterocycles. The monoisotopic (exact) mass is 224 g/mol. The molecule has 0 aliphatic heterocycles. The van der Waals surface area contributed by atoms with Crippen molar-refractivity contribution in [2.75, 3.05) is 0 Å². The number of nitrogens with zero attached hydrogens (tertiary/aromatic N) is 3. The van der Waals surface area contributed by atoms with Gasteiger partial charge in [0, 0.05) is 0 Å². The number of carbonyl (C=O) groups is 1. The van der Waals surface area contributed by atoms with E-state index < -0.39 is 5.54 Å². The summed E-state index contributed by atoms with van der Waals surface area (Å²) in [5.41, 5.74) is 5.20. The number of nitrogens with two attached hydrogens (primary N) is 1. The van der Waals surface area contributed by atoms with Crippen LogP contribution in [-0.2, 0) is 4.79 Å². The van der Waals surface area contributed by atoms with Crippen LogP contribution in [-0.4, -0.2) is 32.1 Å². The third-order valence-corrected chi connectivity index (χ3v) is 3.01. The van der Waals surface area contributed by atoms with Gasteiger partial charge in [0.25, 0.3) is 0 Å². The largest absolute Gasteiger partial charge is 0.345 e. The number of carbonyl (C=O) groups excluding carboxylic acids is 1. The van der Waals surface area contributed by atoms with Gasteiger partial charge < -0.3 is 11.1 Å². The average Bonchev–Trinajstić information content (AvgIpc) is 2.95. The number of tetrazole rings is 1. The van der Waals surface area contributed by atoms with E-state index in [9.17, 15) is 4.79 Å². The Morgan fingerprint density at radius 2 is 2.38 bits per heavy atom. The lowest BCUT2D eigenvalue weighted by Gasteiger charge is -2.24. The van der Waals surface area contributed by atoms with Crippen LogP contribution in [0.5, 0.6) is 0 Å². The molecule has 1 saturated carbocycles. The number of nitrogens with one attached hydrogen (secondary N) is 2. The average molecular weight is 224 g/mol. The first-order chi connectivity index (χ1) is 7.51. The molecule has 1 heterocycles. The summed E-state index contributed by atoms with van der Waals surface area (Å²) in [5.74, 6) is 0.595. The van der Waals surface area contributed by atoms with Crippen molar-refractivity contribution in [3.05, 3.63) is 5.82 Å². The maximum Gasteiger partial charge on any atom is 0.240 e. The molecular formula is C9H16N6O. The van der Waals surface area contributed by atoms with E-state index in [1.807, 2.05) is 0 Å². The summed E-state index contributed by atoms with van der Waals surface area (Å²) >= 11 is 0. The van der Waals surface area contributed by atoms with E-state index in [-0.39, 0.29) is 11.9 Å². The molecule has 1 fully saturated rings. The highest BCUT2D eigenvalue weighted by Gasteiger charge is 2.44. The van der Waals surface area contributed by atoms with Crippen molar-refractivity contribution in [3.63, 3.8) is 0 Å². The number of H-pyrrole nitrogens is 1. The van der Waals surface area contributed by atoms with Gasteiger partial charge in [-0.05, 0) is 32.6 Å². The number of aromatic amines is 1. The molecule has 1 aromatic rings. The zero-order chi connectivity index (χ0) is 11.8. The lowest BCUT2D eigenvalue weighted by Crippen LogP contribution is -2.53. The van der Waals surface area contributed by atoms with Crippen LogP contribution < -0.4 is 11.1 Å². The van der Waals surface area contributed by atoms with Crippen LogP contribution in [0.1, 0.15) is 38.6 Å². The molecule has 7 heteroatoms. The van der Waals surface area contributed by atoms with Gasteiger partial charge in [0.05, 0.1) is 11.6 Å². The van der Waals surface area contributed by atoms with Gasteiger partial charge in [0.15, 0.2) is 5.82 Å². The minimum Gasteiger partial charge on any atom is -0.345 e. The fourth-order valence-corrected chi connectivity index (χ4v) is 1.64. The van der Waals surface area contributed by atoms with Crippen molar-refractivity contribution in [2.24, 2.45) is 11.7 Å². The van der Waals surface area contributed by atoms with Crippen molar-refractivity contribution in [3.8, 4) is 0 Å². The minimum absolute atomic E-state index is 0.160. The standard InChI is InChI=1S/C9H16N6O/c1-5(7-12-14-15-13-7)11-8(16)9(2,10)6-3-4-6/h5-6H,3-4,10H2,1-2H3,(H,11,16)(H,12,13,14,15). The van der Waals surface area contributed by atoms with Crippen molar-refractivity contribution in [1.82, 2.24) is 25.9 Å². The third-order valence-electron chi connectivity index (χ3n) is 3.01. The maximum absolute atomic E-state index is 11.9. The molecule has 1 aliphatic rings. The first kappa shape index (κ1) is 11.0. The molecule has 0 radical (unpaired) electrons.